The highest BCUT2D eigenvalue weighted by Crippen LogP contribution is 2.25. The number of carbonyl (C=O) groups excluding carboxylic acids is 1. The molecule has 0 unspecified atom stereocenters. The molecule has 1 fully saturated rings. The Balaban J connectivity index is 1.44. The molecule has 1 aliphatic rings. The minimum Gasteiger partial charge on any atom is -0.352 e. The van der Waals surface area contributed by atoms with E-state index in [1.165, 1.54) is 6.33 Å². The van der Waals surface area contributed by atoms with E-state index in [0.29, 0.717) is 24.4 Å². The summed E-state index contributed by atoms with van der Waals surface area (Å²) in [5.74, 6) is 0.705. The quantitative estimate of drug-likeness (QED) is 0.752. The highest BCUT2D eigenvalue weighted by atomic mass is 16.2. The number of carbonyl (C=O) groups is 1. The summed E-state index contributed by atoms with van der Waals surface area (Å²) in [5.41, 5.74) is 1.11. The van der Waals surface area contributed by atoms with Crippen LogP contribution in [0.4, 0.5) is 5.82 Å². The molecule has 1 N–H and O–H groups in total. The van der Waals surface area contributed by atoms with Gasteiger partial charge in [-0.05, 0) is 18.2 Å². The molecule has 4 rings (SSSR count). The maximum Gasteiger partial charge on any atom is 0.272 e. The van der Waals surface area contributed by atoms with Gasteiger partial charge in [0.1, 0.15) is 17.8 Å². The van der Waals surface area contributed by atoms with Crippen LogP contribution in [-0.2, 0) is 7.05 Å². The van der Waals surface area contributed by atoms with Gasteiger partial charge < -0.3 is 10.2 Å². The van der Waals surface area contributed by atoms with Crippen LogP contribution in [0, 0.1) is 0 Å². The summed E-state index contributed by atoms with van der Waals surface area (Å²) >= 11 is 0. The molecular formula is C15H15N7O. The van der Waals surface area contributed by atoms with E-state index < -0.39 is 0 Å². The molecule has 1 saturated heterocycles. The molecule has 1 aliphatic heterocycles. The van der Waals surface area contributed by atoms with Crippen LogP contribution in [0.5, 0.6) is 0 Å². The van der Waals surface area contributed by atoms with Gasteiger partial charge >= 0.3 is 0 Å². The molecule has 116 valence electrons. The van der Waals surface area contributed by atoms with E-state index in [1.807, 2.05) is 12.1 Å². The van der Waals surface area contributed by atoms with Crippen molar-refractivity contribution in [3.63, 3.8) is 0 Å². The number of nitrogens with zero attached hydrogens (tertiary/aromatic N) is 6. The first-order valence-corrected chi connectivity index (χ1v) is 7.32. The number of nitrogens with one attached hydrogen (secondary N) is 1. The van der Waals surface area contributed by atoms with Gasteiger partial charge in [0.25, 0.3) is 5.91 Å². The summed E-state index contributed by atoms with van der Waals surface area (Å²) in [5, 5.41) is 8.00. The normalized spacial score (nSPS) is 14.7. The van der Waals surface area contributed by atoms with Crippen LogP contribution in [0.1, 0.15) is 10.5 Å². The van der Waals surface area contributed by atoms with E-state index >= 15 is 0 Å². The Bertz CT molecular complexity index is 864. The third-order valence-electron chi connectivity index (χ3n) is 3.85. The zero-order valence-electron chi connectivity index (χ0n) is 12.5. The lowest BCUT2D eigenvalue weighted by Gasteiger charge is -2.40. The van der Waals surface area contributed by atoms with Crippen molar-refractivity contribution >= 4 is 22.8 Å². The highest BCUT2D eigenvalue weighted by molar-refractivity contribution is 5.93. The van der Waals surface area contributed by atoms with Gasteiger partial charge in [0.05, 0.1) is 11.4 Å². The van der Waals surface area contributed by atoms with Crippen molar-refractivity contribution < 1.29 is 4.79 Å². The Labute approximate surface area is 132 Å². The Hall–Kier alpha value is -3.03. The van der Waals surface area contributed by atoms with E-state index in [1.54, 1.807) is 30.2 Å². The van der Waals surface area contributed by atoms with Crippen molar-refractivity contribution in [2.75, 3.05) is 18.0 Å². The number of pyridine rings is 1. The number of aromatic nitrogens is 5. The molecular weight excluding hydrogens is 294 g/mol. The number of anilines is 1. The lowest BCUT2D eigenvalue weighted by atomic mass is 10.1. The van der Waals surface area contributed by atoms with E-state index in [4.69, 9.17) is 0 Å². The summed E-state index contributed by atoms with van der Waals surface area (Å²) < 4.78 is 1.61. The van der Waals surface area contributed by atoms with Crippen molar-refractivity contribution in [2.24, 2.45) is 7.05 Å². The summed E-state index contributed by atoms with van der Waals surface area (Å²) in [6, 6.07) is 5.62. The smallest absolute Gasteiger partial charge is 0.272 e. The lowest BCUT2D eigenvalue weighted by Crippen LogP contribution is -2.59. The van der Waals surface area contributed by atoms with E-state index in [0.717, 1.165) is 11.2 Å². The van der Waals surface area contributed by atoms with Crippen LogP contribution in [0.25, 0.3) is 11.0 Å². The average Bonchev–Trinajstić information content (AvgIpc) is 2.96. The molecule has 3 aromatic rings. The first kappa shape index (κ1) is 13.6. The van der Waals surface area contributed by atoms with E-state index in [9.17, 15) is 4.79 Å². The number of aryl methyl sites for hydroxylation is 1. The molecule has 3 aromatic heterocycles. The number of rotatable bonds is 3. The fourth-order valence-corrected chi connectivity index (χ4v) is 2.67. The van der Waals surface area contributed by atoms with Crippen molar-refractivity contribution in [1.82, 2.24) is 30.0 Å². The third-order valence-corrected chi connectivity index (χ3v) is 3.85. The van der Waals surface area contributed by atoms with Gasteiger partial charge in [0.2, 0.25) is 0 Å². The first-order valence-electron chi connectivity index (χ1n) is 7.32. The third kappa shape index (κ3) is 2.48. The van der Waals surface area contributed by atoms with Crippen molar-refractivity contribution in [3.8, 4) is 0 Å². The van der Waals surface area contributed by atoms with Crippen molar-refractivity contribution in [1.29, 1.82) is 0 Å². The van der Waals surface area contributed by atoms with Crippen LogP contribution in [-0.4, -0.2) is 49.8 Å². The minimum absolute atomic E-state index is 0.0891. The molecule has 0 radical (unpaired) electrons. The second-order valence-corrected chi connectivity index (χ2v) is 5.52. The van der Waals surface area contributed by atoms with Gasteiger partial charge in [-0.1, -0.05) is 0 Å². The molecule has 1 amide bonds. The van der Waals surface area contributed by atoms with E-state index in [-0.39, 0.29) is 11.9 Å². The average molecular weight is 309 g/mol. The van der Waals surface area contributed by atoms with Crippen molar-refractivity contribution in [2.45, 2.75) is 6.04 Å². The summed E-state index contributed by atoms with van der Waals surface area (Å²) in [6.07, 6.45) is 4.98. The van der Waals surface area contributed by atoms with Gasteiger partial charge in [-0.25, -0.2) is 15.0 Å². The number of amides is 1. The predicted molar refractivity (Wildman–Crippen MR) is 84.0 cm³/mol. The van der Waals surface area contributed by atoms with Crippen LogP contribution < -0.4 is 10.2 Å². The van der Waals surface area contributed by atoms with Gasteiger partial charge in [0, 0.05) is 32.5 Å². The molecule has 0 atom stereocenters. The van der Waals surface area contributed by atoms with Crippen molar-refractivity contribution in [3.05, 3.63) is 42.6 Å². The largest absolute Gasteiger partial charge is 0.352 e. The zero-order valence-corrected chi connectivity index (χ0v) is 12.5. The van der Waals surface area contributed by atoms with Gasteiger partial charge in [-0.2, -0.15) is 5.10 Å². The Morgan fingerprint density at radius 1 is 1.26 bits per heavy atom. The second kappa shape index (κ2) is 5.31. The van der Waals surface area contributed by atoms with Gasteiger partial charge in [0.15, 0.2) is 5.65 Å². The molecule has 23 heavy (non-hydrogen) atoms. The molecule has 8 nitrogen and oxygen atoms in total. The van der Waals surface area contributed by atoms with Gasteiger partial charge in [-0.3, -0.25) is 9.48 Å². The number of fused-ring (bicyclic) bond motifs is 1. The Kier molecular flexibility index (Phi) is 3.14. The fraction of sp³-hybridized carbons (Fsp3) is 0.267. The number of hydrogen-bond donors (Lipinski definition) is 1. The van der Waals surface area contributed by atoms with Crippen LogP contribution >= 0.6 is 0 Å². The number of hydrogen-bond acceptors (Lipinski definition) is 6. The lowest BCUT2D eigenvalue weighted by molar-refractivity contribution is 0.0924. The Morgan fingerprint density at radius 3 is 2.91 bits per heavy atom. The van der Waals surface area contributed by atoms with Gasteiger partial charge in [-0.15, -0.1) is 0 Å². The monoisotopic (exact) mass is 309 g/mol. The maximum atomic E-state index is 12.1. The molecule has 4 heterocycles. The maximum absolute atomic E-state index is 12.1. The minimum atomic E-state index is -0.149. The SMILES string of the molecule is Cn1ccc(C(=O)NC2CN(c3ncnc4ncccc34)C2)n1. The Morgan fingerprint density at radius 2 is 2.13 bits per heavy atom. The zero-order chi connectivity index (χ0) is 15.8. The summed E-state index contributed by atoms with van der Waals surface area (Å²) in [4.78, 5) is 26.9. The topological polar surface area (TPSA) is 88.8 Å². The van der Waals surface area contributed by atoms with Crippen LogP contribution in [0.3, 0.4) is 0 Å². The molecule has 8 heteroatoms. The molecule has 0 spiro atoms. The first-order chi connectivity index (χ1) is 11.2. The van der Waals surface area contributed by atoms with Crippen LogP contribution in [0.2, 0.25) is 0 Å². The highest BCUT2D eigenvalue weighted by Gasteiger charge is 2.30. The van der Waals surface area contributed by atoms with Crippen LogP contribution in [0.15, 0.2) is 36.9 Å². The molecule has 0 bridgehead atoms. The van der Waals surface area contributed by atoms with E-state index in [2.05, 4.69) is 30.3 Å². The summed E-state index contributed by atoms with van der Waals surface area (Å²) in [6.45, 7) is 1.42. The standard InChI is InChI=1S/C15H15N7O/c1-21-6-4-12(20-21)15(23)19-10-7-22(8-10)14-11-3-2-5-16-13(11)17-9-18-14/h2-6,9-10H,7-8H2,1H3,(H,19,23). The predicted octanol–water partition coefficient (Wildman–Crippen LogP) is 0.377. The molecule has 0 saturated carbocycles. The molecule has 0 aliphatic carbocycles. The fourth-order valence-electron chi connectivity index (χ4n) is 2.67. The second-order valence-electron chi connectivity index (χ2n) is 5.52. The summed E-state index contributed by atoms with van der Waals surface area (Å²) in [7, 11) is 1.79. The molecule has 0 aromatic carbocycles.